The number of aryl methyl sites for hydroxylation is 1. The predicted octanol–water partition coefficient (Wildman–Crippen LogP) is 4.78. The van der Waals surface area contributed by atoms with Crippen molar-refractivity contribution in [2.24, 2.45) is 0 Å². The zero-order chi connectivity index (χ0) is 14.5. The third-order valence-electron chi connectivity index (χ3n) is 3.26. The molecular formula is C17H18ClNO. The number of amides is 1. The van der Waals surface area contributed by atoms with Crippen molar-refractivity contribution < 1.29 is 4.79 Å². The minimum Gasteiger partial charge on any atom is -0.325 e. The van der Waals surface area contributed by atoms with Crippen LogP contribution in [-0.4, -0.2) is 5.91 Å². The van der Waals surface area contributed by atoms with Crippen molar-refractivity contribution in [2.45, 2.75) is 26.2 Å². The van der Waals surface area contributed by atoms with Crippen LogP contribution >= 0.6 is 11.6 Å². The molecule has 0 radical (unpaired) electrons. The molecule has 0 heterocycles. The van der Waals surface area contributed by atoms with E-state index in [0.29, 0.717) is 17.1 Å². The van der Waals surface area contributed by atoms with E-state index in [2.05, 4.69) is 5.32 Å². The maximum absolute atomic E-state index is 12.1. The molecule has 3 heteroatoms. The van der Waals surface area contributed by atoms with E-state index in [1.54, 1.807) is 0 Å². The van der Waals surface area contributed by atoms with Crippen LogP contribution in [0.4, 0.5) is 5.69 Å². The van der Waals surface area contributed by atoms with E-state index in [1.165, 1.54) is 0 Å². The molecule has 0 aliphatic carbocycles. The van der Waals surface area contributed by atoms with Crippen molar-refractivity contribution in [3.8, 4) is 0 Å². The van der Waals surface area contributed by atoms with E-state index < -0.39 is 0 Å². The van der Waals surface area contributed by atoms with Gasteiger partial charge < -0.3 is 5.32 Å². The van der Waals surface area contributed by atoms with Gasteiger partial charge in [-0.05, 0) is 36.1 Å². The van der Waals surface area contributed by atoms with Crippen LogP contribution in [0.1, 0.15) is 30.4 Å². The molecule has 20 heavy (non-hydrogen) atoms. The molecular weight excluding hydrogens is 270 g/mol. The highest BCUT2D eigenvalue weighted by atomic mass is 35.5. The second-order valence-corrected chi connectivity index (χ2v) is 5.45. The molecule has 0 aromatic heterocycles. The van der Waals surface area contributed by atoms with Crippen molar-refractivity contribution in [3.05, 3.63) is 64.7 Å². The van der Waals surface area contributed by atoms with Crippen LogP contribution < -0.4 is 5.32 Å². The Morgan fingerprint density at radius 3 is 2.55 bits per heavy atom. The summed E-state index contributed by atoms with van der Waals surface area (Å²) in [5.41, 5.74) is 2.91. The molecule has 0 aliphatic rings. The summed E-state index contributed by atoms with van der Waals surface area (Å²) in [6.45, 7) is 4.01. The van der Waals surface area contributed by atoms with E-state index >= 15 is 0 Å². The highest BCUT2D eigenvalue weighted by Crippen LogP contribution is 2.24. The first kappa shape index (κ1) is 14.6. The molecule has 0 spiro atoms. The van der Waals surface area contributed by atoms with Gasteiger partial charge in [0, 0.05) is 6.42 Å². The molecule has 0 unspecified atom stereocenters. The average Bonchev–Trinajstić information content (AvgIpc) is 2.43. The fourth-order valence-corrected chi connectivity index (χ4v) is 2.38. The highest BCUT2D eigenvalue weighted by molar-refractivity contribution is 6.33. The van der Waals surface area contributed by atoms with Crippen LogP contribution in [0.15, 0.2) is 48.5 Å². The van der Waals surface area contributed by atoms with Gasteiger partial charge in [-0.25, -0.2) is 0 Å². The number of carbonyl (C=O) groups is 1. The van der Waals surface area contributed by atoms with E-state index in [9.17, 15) is 4.79 Å². The molecule has 104 valence electrons. The molecule has 0 fully saturated rings. The van der Waals surface area contributed by atoms with Crippen LogP contribution in [0.3, 0.4) is 0 Å². The molecule has 2 aromatic rings. The zero-order valence-electron chi connectivity index (χ0n) is 11.7. The average molecular weight is 288 g/mol. The van der Waals surface area contributed by atoms with Gasteiger partial charge >= 0.3 is 0 Å². The largest absolute Gasteiger partial charge is 0.325 e. The summed E-state index contributed by atoms with van der Waals surface area (Å²) in [5, 5.41) is 3.44. The predicted molar refractivity (Wildman–Crippen MR) is 84.3 cm³/mol. The van der Waals surface area contributed by atoms with Gasteiger partial charge in [-0.15, -0.1) is 0 Å². The molecule has 1 amide bonds. The first-order chi connectivity index (χ1) is 9.56. The lowest BCUT2D eigenvalue weighted by Crippen LogP contribution is -2.14. The summed E-state index contributed by atoms with van der Waals surface area (Å²) in [7, 11) is 0. The van der Waals surface area contributed by atoms with E-state index in [-0.39, 0.29) is 11.8 Å². The van der Waals surface area contributed by atoms with E-state index in [4.69, 9.17) is 11.6 Å². The lowest BCUT2D eigenvalue weighted by Gasteiger charge is -2.13. The monoisotopic (exact) mass is 287 g/mol. The lowest BCUT2D eigenvalue weighted by molar-refractivity contribution is -0.116. The van der Waals surface area contributed by atoms with Crippen LogP contribution in [0, 0.1) is 6.92 Å². The maximum atomic E-state index is 12.1. The van der Waals surface area contributed by atoms with Crippen molar-refractivity contribution in [2.75, 3.05) is 5.32 Å². The van der Waals surface area contributed by atoms with E-state index in [0.717, 1.165) is 11.1 Å². The summed E-state index contributed by atoms with van der Waals surface area (Å²) in [6.07, 6.45) is 0.439. The van der Waals surface area contributed by atoms with Gasteiger partial charge in [0.2, 0.25) is 5.91 Å². The number of benzene rings is 2. The third-order valence-corrected chi connectivity index (χ3v) is 3.57. The standard InChI is InChI=1S/C17H18ClNO/c1-12-8-9-16(15(18)10-12)19-17(20)11-13(2)14-6-4-3-5-7-14/h3-10,13H,11H2,1-2H3,(H,19,20)/t13-/m1/s1. The highest BCUT2D eigenvalue weighted by Gasteiger charge is 2.12. The Hall–Kier alpha value is -1.80. The maximum Gasteiger partial charge on any atom is 0.225 e. The fraction of sp³-hybridized carbons (Fsp3) is 0.235. The second-order valence-electron chi connectivity index (χ2n) is 5.05. The third kappa shape index (κ3) is 3.84. The van der Waals surface area contributed by atoms with Gasteiger partial charge in [0.1, 0.15) is 0 Å². The Bertz CT molecular complexity index is 595. The zero-order valence-corrected chi connectivity index (χ0v) is 12.4. The number of halogens is 1. The summed E-state index contributed by atoms with van der Waals surface area (Å²) in [5.74, 6) is 0.160. The lowest BCUT2D eigenvalue weighted by atomic mass is 9.97. The second kappa shape index (κ2) is 6.58. The molecule has 0 bridgehead atoms. The minimum atomic E-state index is -0.0212. The Morgan fingerprint density at radius 1 is 1.20 bits per heavy atom. The fourth-order valence-electron chi connectivity index (χ4n) is 2.10. The van der Waals surface area contributed by atoms with Crippen molar-refractivity contribution in [3.63, 3.8) is 0 Å². The minimum absolute atomic E-state index is 0.0212. The quantitative estimate of drug-likeness (QED) is 0.861. The van der Waals surface area contributed by atoms with Crippen molar-refractivity contribution in [1.29, 1.82) is 0 Å². The summed E-state index contributed by atoms with van der Waals surface area (Å²) in [4.78, 5) is 12.1. The molecule has 2 rings (SSSR count). The number of hydrogen-bond acceptors (Lipinski definition) is 1. The topological polar surface area (TPSA) is 29.1 Å². The Kier molecular flexibility index (Phi) is 4.80. The Balaban J connectivity index is 1.99. The van der Waals surface area contributed by atoms with Crippen LogP contribution in [0.5, 0.6) is 0 Å². The Labute approximate surface area is 124 Å². The van der Waals surface area contributed by atoms with Crippen LogP contribution in [0.2, 0.25) is 5.02 Å². The van der Waals surface area contributed by atoms with Gasteiger partial charge in [-0.3, -0.25) is 4.79 Å². The Morgan fingerprint density at radius 2 is 1.90 bits per heavy atom. The molecule has 2 nitrogen and oxygen atoms in total. The number of carbonyl (C=O) groups excluding carboxylic acids is 1. The van der Waals surface area contributed by atoms with Gasteiger partial charge in [0.25, 0.3) is 0 Å². The molecule has 2 aromatic carbocycles. The van der Waals surface area contributed by atoms with E-state index in [1.807, 2.05) is 62.4 Å². The van der Waals surface area contributed by atoms with Gasteiger partial charge in [0.05, 0.1) is 10.7 Å². The first-order valence-corrected chi connectivity index (χ1v) is 7.05. The molecule has 0 saturated carbocycles. The first-order valence-electron chi connectivity index (χ1n) is 6.67. The summed E-state index contributed by atoms with van der Waals surface area (Å²) in [6, 6.07) is 15.6. The smallest absolute Gasteiger partial charge is 0.225 e. The van der Waals surface area contributed by atoms with Gasteiger partial charge in [-0.2, -0.15) is 0 Å². The van der Waals surface area contributed by atoms with Crippen LogP contribution in [0.25, 0.3) is 0 Å². The summed E-state index contributed by atoms with van der Waals surface area (Å²) < 4.78 is 0. The number of anilines is 1. The van der Waals surface area contributed by atoms with Crippen molar-refractivity contribution >= 4 is 23.2 Å². The molecule has 0 aliphatic heterocycles. The number of nitrogens with one attached hydrogen (secondary N) is 1. The number of rotatable bonds is 4. The molecule has 1 atom stereocenters. The molecule has 0 saturated heterocycles. The summed E-state index contributed by atoms with van der Waals surface area (Å²) >= 11 is 6.11. The van der Waals surface area contributed by atoms with Gasteiger partial charge in [-0.1, -0.05) is 54.9 Å². The SMILES string of the molecule is Cc1ccc(NC(=O)C[C@@H](C)c2ccccc2)c(Cl)c1. The van der Waals surface area contributed by atoms with Gasteiger partial charge in [0.15, 0.2) is 0 Å². The molecule has 1 N–H and O–H groups in total. The normalized spacial score (nSPS) is 11.9. The number of hydrogen-bond donors (Lipinski definition) is 1. The van der Waals surface area contributed by atoms with Crippen molar-refractivity contribution in [1.82, 2.24) is 0 Å². The van der Waals surface area contributed by atoms with Crippen LogP contribution in [-0.2, 0) is 4.79 Å².